The molecule has 1 heteroatoms. The minimum atomic E-state index is 0.975. The Hall–Kier alpha value is 0.730. The van der Waals surface area contributed by atoms with E-state index in [9.17, 15) is 0 Å². The van der Waals surface area contributed by atoms with Crippen LogP contribution in [0.25, 0.3) is 0 Å². The van der Waals surface area contributed by atoms with Gasteiger partial charge in [-0.2, -0.15) is 0 Å². The lowest BCUT2D eigenvalue weighted by Gasteiger charge is -2.18. The minimum absolute atomic E-state index is 0.975. The zero-order valence-electron chi connectivity index (χ0n) is 13.9. The van der Waals surface area contributed by atoms with Crippen LogP contribution < -0.4 is 0 Å². The van der Waals surface area contributed by atoms with Crippen LogP contribution in [0.15, 0.2) is 0 Å². The first-order chi connectivity index (χ1) is 9.21. The molecule has 0 nitrogen and oxygen atoms in total. The maximum absolute atomic E-state index is 2.55. The Balaban J connectivity index is 3.70. The molecule has 0 aliphatic carbocycles. The summed E-state index contributed by atoms with van der Waals surface area (Å²) in [6.45, 7) is 9.43. The van der Waals surface area contributed by atoms with Crippen molar-refractivity contribution in [1.29, 1.82) is 0 Å². The van der Waals surface area contributed by atoms with E-state index in [1.807, 2.05) is 0 Å². The van der Waals surface area contributed by atoms with Crippen LogP contribution in [0, 0.1) is 17.8 Å². The van der Waals surface area contributed by atoms with Crippen LogP contribution >= 0.6 is 22.6 Å². The summed E-state index contributed by atoms with van der Waals surface area (Å²) in [4.78, 5) is 0. The fourth-order valence-corrected chi connectivity index (χ4v) is 4.09. The van der Waals surface area contributed by atoms with E-state index in [4.69, 9.17) is 0 Å². The van der Waals surface area contributed by atoms with Crippen molar-refractivity contribution in [3.8, 4) is 0 Å². The normalized spacial score (nSPS) is 14.8. The smallest absolute Gasteiger partial charge is 0.00236 e. The third-order valence-electron chi connectivity index (χ3n) is 4.98. The van der Waals surface area contributed by atoms with Gasteiger partial charge in [-0.1, -0.05) is 108 Å². The van der Waals surface area contributed by atoms with E-state index in [-0.39, 0.29) is 0 Å². The topological polar surface area (TPSA) is 0 Å². The van der Waals surface area contributed by atoms with Crippen LogP contribution in [-0.4, -0.2) is 4.43 Å². The fraction of sp³-hybridized carbons (Fsp3) is 1.00. The molecule has 2 unspecified atom stereocenters. The van der Waals surface area contributed by atoms with Gasteiger partial charge in [0, 0.05) is 4.43 Å². The van der Waals surface area contributed by atoms with Crippen molar-refractivity contribution < 1.29 is 0 Å². The van der Waals surface area contributed by atoms with Gasteiger partial charge < -0.3 is 0 Å². The van der Waals surface area contributed by atoms with Crippen molar-refractivity contribution in [2.24, 2.45) is 17.8 Å². The van der Waals surface area contributed by atoms with Gasteiger partial charge in [0.2, 0.25) is 0 Å². The molecule has 2 atom stereocenters. The average Bonchev–Trinajstić information content (AvgIpc) is 2.46. The highest BCUT2D eigenvalue weighted by molar-refractivity contribution is 14.1. The molecule has 0 rings (SSSR count). The van der Waals surface area contributed by atoms with Gasteiger partial charge in [0.05, 0.1) is 0 Å². The molecule has 0 heterocycles. The molecule has 0 bridgehead atoms. The first-order valence-electron chi connectivity index (χ1n) is 8.77. The summed E-state index contributed by atoms with van der Waals surface area (Å²) in [5.74, 6) is 2.96. The van der Waals surface area contributed by atoms with E-state index in [1.54, 1.807) is 0 Å². The Morgan fingerprint density at radius 2 is 0.947 bits per heavy atom. The lowest BCUT2D eigenvalue weighted by molar-refractivity contribution is 0.354. The highest BCUT2D eigenvalue weighted by Crippen LogP contribution is 2.25. The Bertz CT molecular complexity index is 153. The highest BCUT2D eigenvalue weighted by Gasteiger charge is 2.10. The van der Waals surface area contributed by atoms with Gasteiger partial charge in [0.15, 0.2) is 0 Å². The minimum Gasteiger partial charge on any atom is -0.0861 e. The molecule has 0 spiro atoms. The molecular weight excluding hydrogens is 343 g/mol. The van der Waals surface area contributed by atoms with Crippen molar-refractivity contribution in [3.63, 3.8) is 0 Å². The first-order valence-corrected chi connectivity index (χ1v) is 10.3. The van der Waals surface area contributed by atoms with E-state index < -0.39 is 0 Å². The molecule has 0 aromatic rings. The molecule has 0 aliphatic heterocycles. The molecule has 19 heavy (non-hydrogen) atoms. The highest BCUT2D eigenvalue weighted by atomic mass is 127. The van der Waals surface area contributed by atoms with Crippen LogP contribution in [0.5, 0.6) is 0 Å². The number of alkyl halides is 1. The zero-order valence-corrected chi connectivity index (χ0v) is 16.0. The summed E-state index contributed by atoms with van der Waals surface area (Å²) < 4.78 is 1.35. The Morgan fingerprint density at radius 1 is 0.579 bits per heavy atom. The van der Waals surface area contributed by atoms with Gasteiger partial charge in [0.25, 0.3) is 0 Å². The predicted molar refractivity (Wildman–Crippen MR) is 98.2 cm³/mol. The standard InChI is InChI=1S/C18H37I/c1-5-16(6-2)11-9-12-17(7-3)13-10-14-18(8-4)15-19/h16-18H,5-15H2,1-4H3. The van der Waals surface area contributed by atoms with Crippen molar-refractivity contribution in [1.82, 2.24) is 0 Å². The molecule has 0 amide bonds. The maximum Gasteiger partial charge on any atom is 0.00236 e. The number of hydrogen-bond acceptors (Lipinski definition) is 0. The first kappa shape index (κ1) is 19.7. The monoisotopic (exact) mass is 380 g/mol. The van der Waals surface area contributed by atoms with E-state index in [2.05, 4.69) is 50.3 Å². The summed E-state index contributed by atoms with van der Waals surface area (Å²) in [6, 6.07) is 0. The van der Waals surface area contributed by atoms with Gasteiger partial charge in [-0.15, -0.1) is 0 Å². The molecule has 0 saturated carbocycles. The molecule has 0 radical (unpaired) electrons. The summed E-state index contributed by atoms with van der Waals surface area (Å²) in [5.41, 5.74) is 0. The number of hydrogen-bond donors (Lipinski definition) is 0. The molecule has 0 aromatic heterocycles. The molecular formula is C18H37I. The van der Waals surface area contributed by atoms with Gasteiger partial charge >= 0.3 is 0 Å². The van der Waals surface area contributed by atoms with Crippen molar-refractivity contribution in [2.45, 2.75) is 91.9 Å². The van der Waals surface area contributed by atoms with Gasteiger partial charge in [0.1, 0.15) is 0 Å². The van der Waals surface area contributed by atoms with Crippen molar-refractivity contribution >= 4 is 22.6 Å². The van der Waals surface area contributed by atoms with E-state index >= 15 is 0 Å². The third kappa shape index (κ3) is 10.1. The van der Waals surface area contributed by atoms with Gasteiger partial charge in [-0.25, -0.2) is 0 Å². The maximum atomic E-state index is 2.55. The van der Waals surface area contributed by atoms with Crippen LogP contribution in [0.1, 0.15) is 91.9 Å². The van der Waals surface area contributed by atoms with Gasteiger partial charge in [-0.3, -0.25) is 0 Å². The van der Waals surface area contributed by atoms with E-state index in [0.29, 0.717) is 0 Å². The van der Waals surface area contributed by atoms with Gasteiger partial charge in [-0.05, 0) is 24.2 Å². The average molecular weight is 380 g/mol. The quantitative estimate of drug-likeness (QED) is 0.233. The molecule has 0 aliphatic rings. The second-order valence-electron chi connectivity index (χ2n) is 6.25. The number of rotatable bonds is 13. The fourth-order valence-electron chi connectivity index (χ4n) is 3.03. The largest absolute Gasteiger partial charge is 0.0861 e. The van der Waals surface area contributed by atoms with Crippen molar-refractivity contribution in [3.05, 3.63) is 0 Å². The van der Waals surface area contributed by atoms with E-state index in [0.717, 1.165) is 17.8 Å². The van der Waals surface area contributed by atoms with Crippen LogP contribution in [-0.2, 0) is 0 Å². The van der Waals surface area contributed by atoms with Crippen LogP contribution in [0.2, 0.25) is 0 Å². The molecule has 0 aromatic carbocycles. The molecule has 0 saturated heterocycles. The van der Waals surface area contributed by atoms with Crippen molar-refractivity contribution in [2.75, 3.05) is 4.43 Å². The molecule has 0 fully saturated rings. The van der Waals surface area contributed by atoms with Crippen LogP contribution in [0.4, 0.5) is 0 Å². The second-order valence-corrected chi connectivity index (χ2v) is 7.13. The zero-order chi connectivity index (χ0) is 14.5. The van der Waals surface area contributed by atoms with Crippen LogP contribution in [0.3, 0.4) is 0 Å². The lowest BCUT2D eigenvalue weighted by Crippen LogP contribution is -2.05. The Labute approximate surface area is 136 Å². The Morgan fingerprint density at radius 3 is 1.32 bits per heavy atom. The van der Waals surface area contributed by atoms with E-state index in [1.165, 1.54) is 68.6 Å². The molecule has 0 N–H and O–H groups in total. The summed E-state index contributed by atoms with van der Waals surface area (Å²) >= 11 is 2.55. The Kier molecular flexibility index (Phi) is 14.2. The number of halogens is 1. The molecule has 116 valence electrons. The third-order valence-corrected chi connectivity index (χ3v) is 6.22. The summed E-state index contributed by atoms with van der Waals surface area (Å²) in [6.07, 6.45) is 14.3. The summed E-state index contributed by atoms with van der Waals surface area (Å²) in [7, 11) is 0. The predicted octanol–water partition coefficient (Wildman–Crippen LogP) is 7.25. The SMILES string of the molecule is CCC(CC)CCCC(CC)CCCC(CC)CI. The lowest BCUT2D eigenvalue weighted by atomic mass is 9.88. The second kappa shape index (κ2) is 13.7. The summed E-state index contributed by atoms with van der Waals surface area (Å²) in [5, 5.41) is 0.